The molecular formula is C15H14F2N2O2. The van der Waals surface area contributed by atoms with Gasteiger partial charge in [0.05, 0.1) is 7.11 Å². The Labute approximate surface area is 120 Å². The van der Waals surface area contributed by atoms with Gasteiger partial charge in [0, 0.05) is 36.6 Å². The Morgan fingerprint density at radius 3 is 2.95 bits per heavy atom. The van der Waals surface area contributed by atoms with Crippen molar-refractivity contribution in [3.8, 4) is 0 Å². The topological polar surface area (TPSA) is 45.3 Å². The molecule has 0 spiro atoms. The molecule has 0 amide bonds. The van der Waals surface area contributed by atoms with Crippen LogP contribution in [0.1, 0.15) is 21.6 Å². The number of fused-ring (bicyclic) bond motifs is 1. The van der Waals surface area contributed by atoms with E-state index in [9.17, 15) is 13.6 Å². The van der Waals surface area contributed by atoms with E-state index in [4.69, 9.17) is 0 Å². The quantitative estimate of drug-likeness (QED) is 0.885. The number of nitrogens with zero attached hydrogens (tertiary/aromatic N) is 1. The predicted molar refractivity (Wildman–Crippen MR) is 73.2 cm³/mol. The molecule has 21 heavy (non-hydrogen) atoms. The molecule has 1 aliphatic rings. The number of carbonyl (C=O) groups is 1. The van der Waals surface area contributed by atoms with Crippen LogP contribution in [-0.2, 0) is 17.7 Å². The zero-order valence-corrected chi connectivity index (χ0v) is 11.5. The number of ether oxygens (including phenoxy) is 1. The number of benzene rings is 1. The van der Waals surface area contributed by atoms with E-state index in [1.165, 1.54) is 13.2 Å². The number of H-pyrrole nitrogens is 1. The van der Waals surface area contributed by atoms with Crippen LogP contribution in [0.4, 0.5) is 14.5 Å². The second kappa shape index (κ2) is 5.20. The van der Waals surface area contributed by atoms with E-state index in [0.717, 1.165) is 11.6 Å². The van der Waals surface area contributed by atoms with Crippen molar-refractivity contribution < 1.29 is 18.3 Å². The molecule has 4 nitrogen and oxygen atoms in total. The third kappa shape index (κ3) is 2.49. The standard InChI is InChI=1S/C15H14F2N2O2/c1-21-15(20)13-4-9(7-18-13)8-19-3-2-11-12(17)5-10(16)6-14(11)19/h4-7,18H,2-3,8H2,1H3. The molecule has 0 aliphatic carbocycles. The van der Waals surface area contributed by atoms with Gasteiger partial charge in [-0.25, -0.2) is 13.6 Å². The molecule has 1 aliphatic heterocycles. The summed E-state index contributed by atoms with van der Waals surface area (Å²) in [6, 6.07) is 3.94. The van der Waals surface area contributed by atoms with Gasteiger partial charge in [0.2, 0.25) is 0 Å². The third-order valence-corrected chi connectivity index (χ3v) is 3.63. The van der Waals surface area contributed by atoms with Crippen LogP contribution in [0.25, 0.3) is 0 Å². The van der Waals surface area contributed by atoms with Crippen LogP contribution in [0.3, 0.4) is 0 Å². The van der Waals surface area contributed by atoms with Crippen molar-refractivity contribution in [3.63, 3.8) is 0 Å². The smallest absolute Gasteiger partial charge is 0.354 e. The molecule has 0 saturated carbocycles. The van der Waals surface area contributed by atoms with Crippen molar-refractivity contribution in [1.82, 2.24) is 4.98 Å². The van der Waals surface area contributed by atoms with E-state index >= 15 is 0 Å². The Bertz CT molecular complexity index is 697. The zero-order valence-electron chi connectivity index (χ0n) is 11.5. The van der Waals surface area contributed by atoms with Gasteiger partial charge in [0.1, 0.15) is 17.3 Å². The van der Waals surface area contributed by atoms with Gasteiger partial charge in [-0.05, 0) is 24.1 Å². The average molecular weight is 292 g/mol. The number of carbonyl (C=O) groups excluding carboxylic acids is 1. The highest BCUT2D eigenvalue weighted by Gasteiger charge is 2.24. The maximum Gasteiger partial charge on any atom is 0.354 e. The molecule has 1 aromatic carbocycles. The molecule has 110 valence electrons. The van der Waals surface area contributed by atoms with Gasteiger partial charge in [0.15, 0.2) is 0 Å². The van der Waals surface area contributed by atoms with E-state index in [1.54, 1.807) is 12.3 Å². The lowest BCUT2D eigenvalue weighted by Gasteiger charge is -2.18. The van der Waals surface area contributed by atoms with Crippen LogP contribution in [0.2, 0.25) is 0 Å². The number of esters is 1. The Morgan fingerprint density at radius 1 is 1.38 bits per heavy atom. The summed E-state index contributed by atoms with van der Waals surface area (Å²) in [6.45, 7) is 1.10. The summed E-state index contributed by atoms with van der Waals surface area (Å²) >= 11 is 0. The summed E-state index contributed by atoms with van der Waals surface area (Å²) in [6.07, 6.45) is 2.25. The highest BCUT2D eigenvalue weighted by molar-refractivity contribution is 5.87. The highest BCUT2D eigenvalue weighted by atomic mass is 19.1. The molecule has 2 aromatic rings. The fourth-order valence-corrected chi connectivity index (χ4v) is 2.63. The lowest BCUT2D eigenvalue weighted by molar-refractivity contribution is 0.0595. The monoisotopic (exact) mass is 292 g/mol. The normalized spacial score (nSPS) is 13.4. The zero-order chi connectivity index (χ0) is 15.0. The molecule has 0 radical (unpaired) electrons. The predicted octanol–water partition coefficient (Wildman–Crippen LogP) is 2.64. The van der Waals surface area contributed by atoms with Crippen molar-refractivity contribution in [2.24, 2.45) is 0 Å². The van der Waals surface area contributed by atoms with Crippen molar-refractivity contribution in [2.75, 3.05) is 18.6 Å². The number of aromatic amines is 1. The summed E-state index contributed by atoms with van der Waals surface area (Å²) in [5, 5.41) is 0. The van der Waals surface area contributed by atoms with Gasteiger partial charge in [0.25, 0.3) is 0 Å². The van der Waals surface area contributed by atoms with Crippen molar-refractivity contribution in [3.05, 3.63) is 52.9 Å². The molecule has 3 rings (SSSR count). The SMILES string of the molecule is COC(=O)c1cc(CN2CCc3c(F)cc(F)cc32)c[nH]1. The Kier molecular flexibility index (Phi) is 3.37. The molecule has 2 heterocycles. The first-order chi connectivity index (χ1) is 10.1. The number of nitrogens with one attached hydrogen (secondary N) is 1. The first-order valence-corrected chi connectivity index (χ1v) is 6.57. The number of anilines is 1. The van der Waals surface area contributed by atoms with Gasteiger partial charge in [-0.1, -0.05) is 0 Å². The second-order valence-corrected chi connectivity index (χ2v) is 4.97. The number of methoxy groups -OCH3 is 1. The number of hydrogen-bond donors (Lipinski definition) is 1. The van der Waals surface area contributed by atoms with E-state index < -0.39 is 17.6 Å². The molecule has 6 heteroatoms. The fraction of sp³-hybridized carbons (Fsp3) is 0.267. The molecule has 0 unspecified atom stereocenters. The summed E-state index contributed by atoms with van der Waals surface area (Å²) < 4.78 is 31.7. The van der Waals surface area contributed by atoms with Crippen LogP contribution in [0.15, 0.2) is 24.4 Å². The third-order valence-electron chi connectivity index (χ3n) is 3.63. The largest absolute Gasteiger partial charge is 0.464 e. The highest BCUT2D eigenvalue weighted by Crippen LogP contribution is 2.32. The van der Waals surface area contributed by atoms with Gasteiger partial charge in [-0.15, -0.1) is 0 Å². The minimum atomic E-state index is -0.581. The van der Waals surface area contributed by atoms with Crippen LogP contribution in [-0.4, -0.2) is 24.6 Å². The maximum atomic E-state index is 13.7. The lowest BCUT2D eigenvalue weighted by atomic mass is 10.1. The van der Waals surface area contributed by atoms with Gasteiger partial charge < -0.3 is 14.6 Å². The molecule has 0 saturated heterocycles. The molecule has 0 fully saturated rings. The number of hydrogen-bond acceptors (Lipinski definition) is 3. The molecule has 0 bridgehead atoms. The number of rotatable bonds is 3. The average Bonchev–Trinajstić information content (AvgIpc) is 3.06. The first kappa shape index (κ1) is 13.6. The van der Waals surface area contributed by atoms with Gasteiger partial charge in [-0.3, -0.25) is 0 Å². The van der Waals surface area contributed by atoms with Crippen molar-refractivity contribution in [1.29, 1.82) is 0 Å². The van der Waals surface area contributed by atoms with Gasteiger partial charge in [-0.2, -0.15) is 0 Å². The van der Waals surface area contributed by atoms with Crippen molar-refractivity contribution in [2.45, 2.75) is 13.0 Å². The Morgan fingerprint density at radius 2 is 2.19 bits per heavy atom. The van der Waals surface area contributed by atoms with E-state index in [1.807, 2.05) is 4.90 Å². The van der Waals surface area contributed by atoms with Crippen LogP contribution in [0, 0.1) is 11.6 Å². The maximum absolute atomic E-state index is 13.7. The summed E-state index contributed by atoms with van der Waals surface area (Å²) in [5.74, 6) is -1.53. The van der Waals surface area contributed by atoms with Crippen LogP contribution < -0.4 is 4.90 Å². The molecule has 1 aromatic heterocycles. The van der Waals surface area contributed by atoms with Crippen LogP contribution >= 0.6 is 0 Å². The fourth-order valence-electron chi connectivity index (χ4n) is 2.63. The second-order valence-electron chi connectivity index (χ2n) is 4.97. The molecule has 0 atom stereocenters. The van der Waals surface area contributed by atoms with E-state index in [-0.39, 0.29) is 0 Å². The van der Waals surface area contributed by atoms with Gasteiger partial charge >= 0.3 is 5.97 Å². The summed E-state index contributed by atoms with van der Waals surface area (Å²) in [4.78, 5) is 16.1. The van der Waals surface area contributed by atoms with Crippen LogP contribution in [0.5, 0.6) is 0 Å². The minimum Gasteiger partial charge on any atom is -0.464 e. The molecular weight excluding hydrogens is 278 g/mol. The molecule has 1 N–H and O–H groups in total. The Balaban J connectivity index is 1.82. The first-order valence-electron chi connectivity index (χ1n) is 6.57. The lowest BCUT2D eigenvalue weighted by Crippen LogP contribution is -2.19. The number of halogens is 2. The Hall–Kier alpha value is -2.37. The van der Waals surface area contributed by atoms with Crippen molar-refractivity contribution >= 4 is 11.7 Å². The number of aromatic nitrogens is 1. The summed E-state index contributed by atoms with van der Waals surface area (Å²) in [7, 11) is 1.31. The summed E-state index contributed by atoms with van der Waals surface area (Å²) in [5.41, 5.74) is 2.33. The van der Waals surface area contributed by atoms with E-state index in [2.05, 4.69) is 9.72 Å². The minimum absolute atomic E-state index is 0.359. The van der Waals surface area contributed by atoms with E-state index in [0.29, 0.717) is 36.5 Å².